The summed E-state index contributed by atoms with van der Waals surface area (Å²) in [7, 11) is 0. The van der Waals surface area contributed by atoms with E-state index in [1.54, 1.807) is 36.4 Å². The molecular weight excluding hydrogens is 384 g/mol. The molecule has 0 aliphatic carbocycles. The predicted molar refractivity (Wildman–Crippen MR) is 111 cm³/mol. The molecule has 2 aromatic carbocycles. The number of hydrogen-bond donors (Lipinski definition) is 3. The van der Waals surface area contributed by atoms with Crippen LogP contribution >= 0.6 is 0 Å². The van der Waals surface area contributed by atoms with E-state index in [9.17, 15) is 14.4 Å². The van der Waals surface area contributed by atoms with E-state index in [4.69, 9.17) is 10.2 Å². The summed E-state index contributed by atoms with van der Waals surface area (Å²) in [6, 6.07) is 16.2. The normalized spacial score (nSPS) is 15.2. The van der Waals surface area contributed by atoms with Crippen LogP contribution in [0.2, 0.25) is 0 Å². The lowest BCUT2D eigenvalue weighted by atomic mass is 9.93. The van der Waals surface area contributed by atoms with Gasteiger partial charge in [-0.05, 0) is 41.5 Å². The van der Waals surface area contributed by atoms with E-state index in [-0.39, 0.29) is 17.6 Å². The highest BCUT2D eigenvalue weighted by Gasteiger charge is 2.36. The van der Waals surface area contributed by atoms with Gasteiger partial charge in [0.15, 0.2) is 5.76 Å². The smallest absolute Gasteiger partial charge is 0.316 e. The second kappa shape index (κ2) is 8.12. The van der Waals surface area contributed by atoms with Gasteiger partial charge >= 0.3 is 6.03 Å². The van der Waals surface area contributed by atoms with Crippen molar-refractivity contribution in [2.45, 2.75) is 19.0 Å². The number of benzene rings is 2. The van der Waals surface area contributed by atoms with Crippen LogP contribution in [-0.4, -0.2) is 28.8 Å². The minimum Gasteiger partial charge on any atom is -0.459 e. The highest BCUT2D eigenvalue weighted by atomic mass is 16.3. The number of primary amides is 1. The molecule has 0 radical (unpaired) electrons. The second-order valence-electron chi connectivity index (χ2n) is 6.96. The monoisotopic (exact) mass is 404 g/mol. The van der Waals surface area contributed by atoms with Crippen molar-refractivity contribution in [3.63, 3.8) is 0 Å². The van der Waals surface area contributed by atoms with E-state index in [1.165, 1.54) is 11.2 Å². The zero-order chi connectivity index (χ0) is 21.1. The minimum atomic E-state index is -0.717. The molecule has 152 valence electrons. The van der Waals surface area contributed by atoms with Crippen LogP contribution in [0.25, 0.3) is 0 Å². The van der Waals surface area contributed by atoms with Crippen LogP contribution in [0.3, 0.4) is 0 Å². The molecule has 1 aliphatic heterocycles. The van der Waals surface area contributed by atoms with E-state index >= 15 is 0 Å². The Bertz CT molecular complexity index is 1090. The standard InChI is InChI=1S/C22H20N4O4/c23-22(29)25-17-8-3-7-16(12-17)24-20(27)18-11-14-5-1-2-6-15(14)13-26(18)21(28)19-9-4-10-30-19/h1-10,12,18H,11,13H2,(H,24,27)(H3,23,25,29). The van der Waals surface area contributed by atoms with Crippen LogP contribution in [-0.2, 0) is 17.8 Å². The Balaban J connectivity index is 1.60. The van der Waals surface area contributed by atoms with E-state index in [0.717, 1.165) is 11.1 Å². The molecule has 4 rings (SSSR count). The Labute approximate surface area is 172 Å². The van der Waals surface area contributed by atoms with Gasteiger partial charge < -0.3 is 25.7 Å². The number of hydrogen-bond acceptors (Lipinski definition) is 4. The third kappa shape index (κ3) is 4.02. The summed E-state index contributed by atoms with van der Waals surface area (Å²) in [5.41, 5.74) is 8.10. The number of nitrogens with one attached hydrogen (secondary N) is 2. The van der Waals surface area contributed by atoms with E-state index in [2.05, 4.69) is 10.6 Å². The molecule has 8 nitrogen and oxygen atoms in total. The van der Waals surface area contributed by atoms with Crippen molar-refractivity contribution in [1.82, 2.24) is 4.90 Å². The molecule has 30 heavy (non-hydrogen) atoms. The van der Waals surface area contributed by atoms with Gasteiger partial charge in [-0.3, -0.25) is 9.59 Å². The van der Waals surface area contributed by atoms with Crippen LogP contribution in [0.15, 0.2) is 71.3 Å². The molecule has 8 heteroatoms. The summed E-state index contributed by atoms with van der Waals surface area (Å²) >= 11 is 0. The van der Waals surface area contributed by atoms with Crippen LogP contribution in [0.4, 0.5) is 16.2 Å². The maximum absolute atomic E-state index is 13.1. The summed E-state index contributed by atoms with van der Waals surface area (Å²) in [5.74, 6) is -0.501. The van der Waals surface area contributed by atoms with Crippen LogP contribution in [0, 0.1) is 0 Å². The number of nitrogens with two attached hydrogens (primary N) is 1. The molecule has 0 saturated carbocycles. The first kappa shape index (κ1) is 19.3. The number of fused-ring (bicyclic) bond motifs is 1. The van der Waals surface area contributed by atoms with Crippen LogP contribution < -0.4 is 16.4 Å². The van der Waals surface area contributed by atoms with Crippen molar-refractivity contribution in [1.29, 1.82) is 0 Å². The van der Waals surface area contributed by atoms with Gasteiger partial charge in [-0.25, -0.2) is 4.79 Å². The molecule has 4 N–H and O–H groups in total. The number of carbonyl (C=O) groups is 3. The van der Waals surface area contributed by atoms with E-state index < -0.39 is 12.1 Å². The quantitative estimate of drug-likeness (QED) is 0.619. The Morgan fingerprint density at radius 3 is 2.37 bits per heavy atom. The van der Waals surface area contributed by atoms with Crippen LogP contribution in [0.5, 0.6) is 0 Å². The molecule has 1 aliphatic rings. The molecule has 1 unspecified atom stereocenters. The first-order chi connectivity index (χ1) is 14.5. The maximum atomic E-state index is 13.1. The number of amides is 4. The SMILES string of the molecule is NC(=O)Nc1cccc(NC(=O)C2Cc3ccccc3CN2C(=O)c2ccco2)c1. The van der Waals surface area contributed by atoms with Crippen molar-refractivity contribution in [2.24, 2.45) is 5.73 Å². The molecule has 0 spiro atoms. The van der Waals surface area contributed by atoms with Crippen molar-refractivity contribution in [3.05, 3.63) is 83.8 Å². The highest BCUT2D eigenvalue weighted by Crippen LogP contribution is 2.26. The molecule has 0 saturated heterocycles. The lowest BCUT2D eigenvalue weighted by Crippen LogP contribution is -2.50. The number of urea groups is 1. The number of furan rings is 1. The third-order valence-corrected chi connectivity index (χ3v) is 4.94. The molecule has 0 bridgehead atoms. The Hall–Kier alpha value is -4.07. The molecule has 1 aromatic heterocycles. The molecule has 3 aromatic rings. The Kier molecular flexibility index (Phi) is 5.21. The maximum Gasteiger partial charge on any atom is 0.316 e. The highest BCUT2D eigenvalue weighted by molar-refractivity contribution is 6.01. The van der Waals surface area contributed by atoms with E-state index in [0.29, 0.717) is 24.3 Å². The van der Waals surface area contributed by atoms with E-state index in [1.807, 2.05) is 24.3 Å². The van der Waals surface area contributed by atoms with Crippen LogP contribution in [0.1, 0.15) is 21.7 Å². The van der Waals surface area contributed by atoms with Gasteiger partial charge in [0.1, 0.15) is 6.04 Å². The number of anilines is 2. The average Bonchev–Trinajstić information content (AvgIpc) is 3.27. The van der Waals surface area contributed by atoms with Gasteiger partial charge in [0.05, 0.1) is 6.26 Å². The first-order valence-corrected chi connectivity index (χ1v) is 9.40. The third-order valence-electron chi connectivity index (χ3n) is 4.94. The summed E-state index contributed by atoms with van der Waals surface area (Å²) in [5, 5.41) is 5.30. The molecule has 1 atom stereocenters. The molecule has 0 fully saturated rings. The number of nitrogens with zero attached hydrogens (tertiary/aromatic N) is 1. The lowest BCUT2D eigenvalue weighted by molar-refractivity contribution is -0.121. The summed E-state index contributed by atoms with van der Waals surface area (Å²) < 4.78 is 5.26. The van der Waals surface area contributed by atoms with Gasteiger partial charge in [0.25, 0.3) is 5.91 Å². The van der Waals surface area contributed by atoms with Gasteiger partial charge in [0, 0.05) is 24.3 Å². The topological polar surface area (TPSA) is 118 Å². The lowest BCUT2D eigenvalue weighted by Gasteiger charge is -2.35. The fourth-order valence-corrected chi connectivity index (χ4v) is 3.55. The zero-order valence-corrected chi connectivity index (χ0v) is 16.0. The largest absolute Gasteiger partial charge is 0.459 e. The fourth-order valence-electron chi connectivity index (χ4n) is 3.55. The predicted octanol–water partition coefficient (Wildman–Crippen LogP) is 2.98. The van der Waals surface area contributed by atoms with Crippen molar-refractivity contribution >= 4 is 29.2 Å². The summed E-state index contributed by atoms with van der Waals surface area (Å²) in [6.45, 7) is 0.303. The Morgan fingerprint density at radius 1 is 0.933 bits per heavy atom. The summed E-state index contributed by atoms with van der Waals surface area (Å²) in [4.78, 5) is 38.7. The van der Waals surface area contributed by atoms with Gasteiger partial charge in [-0.2, -0.15) is 0 Å². The number of rotatable bonds is 4. The Morgan fingerprint density at radius 2 is 1.67 bits per heavy atom. The van der Waals surface area contributed by atoms with Crippen molar-refractivity contribution in [3.8, 4) is 0 Å². The molecule has 4 amide bonds. The fraction of sp³-hybridized carbons (Fsp3) is 0.136. The molecule has 2 heterocycles. The summed E-state index contributed by atoms with van der Waals surface area (Å²) in [6.07, 6.45) is 1.81. The molecular formula is C22H20N4O4. The van der Waals surface area contributed by atoms with Crippen molar-refractivity contribution < 1.29 is 18.8 Å². The minimum absolute atomic E-state index is 0.180. The van der Waals surface area contributed by atoms with Crippen molar-refractivity contribution in [2.75, 3.05) is 10.6 Å². The number of carbonyl (C=O) groups excluding carboxylic acids is 3. The second-order valence-corrected chi connectivity index (χ2v) is 6.96. The zero-order valence-electron chi connectivity index (χ0n) is 16.0. The first-order valence-electron chi connectivity index (χ1n) is 9.40. The van der Waals surface area contributed by atoms with Gasteiger partial charge in [-0.15, -0.1) is 0 Å². The average molecular weight is 404 g/mol. The van der Waals surface area contributed by atoms with Gasteiger partial charge in [-0.1, -0.05) is 30.3 Å². The van der Waals surface area contributed by atoms with Gasteiger partial charge in [0.2, 0.25) is 5.91 Å².